The van der Waals surface area contributed by atoms with Gasteiger partial charge in [0.2, 0.25) is 10.0 Å². The number of aromatic nitrogens is 2. The highest BCUT2D eigenvalue weighted by Crippen LogP contribution is 2.26. The monoisotopic (exact) mass is 463 g/mol. The molecule has 1 aromatic heterocycles. The molecule has 0 fully saturated rings. The number of hydrogen-bond acceptors (Lipinski definition) is 8. The average molecular weight is 463 g/mol. The number of benzene rings is 2. The van der Waals surface area contributed by atoms with Gasteiger partial charge in [0, 0.05) is 19.7 Å². The lowest BCUT2D eigenvalue weighted by molar-refractivity contribution is -0.384. The minimum Gasteiger partial charge on any atom is -0.465 e. The molecular weight excluding hydrogens is 442 g/mol. The molecule has 0 unspecified atom stereocenters. The maximum absolute atomic E-state index is 12.4. The van der Waals surface area contributed by atoms with E-state index in [4.69, 9.17) is 4.74 Å². The second kappa shape index (κ2) is 9.62. The van der Waals surface area contributed by atoms with Crippen LogP contribution in [0.4, 0.5) is 11.4 Å². The van der Waals surface area contributed by atoms with E-state index in [1.54, 1.807) is 24.3 Å². The fourth-order valence-corrected chi connectivity index (χ4v) is 4.06. The maximum Gasteiger partial charge on any atom is 0.326 e. The molecule has 3 aromatic rings. The standard InChI is InChI=1S/C19H21N5O7S/c1-20-14-8-7-13(11-17(14)24(27)28)32(29,30)21-12-18(25)31-10-4-9-23-16-6-3-2-5-15(16)22-19(23)26/h2-3,5-8,11,20-21H,4,9-10,12H2,1H3,(H,22,26). The molecule has 32 heavy (non-hydrogen) atoms. The van der Waals surface area contributed by atoms with E-state index in [1.165, 1.54) is 23.7 Å². The number of hydrogen-bond donors (Lipinski definition) is 3. The number of aryl methyl sites for hydroxylation is 1. The third-order valence-electron chi connectivity index (χ3n) is 4.62. The molecule has 0 aliphatic heterocycles. The summed E-state index contributed by atoms with van der Waals surface area (Å²) in [6.07, 6.45) is 0.345. The summed E-state index contributed by atoms with van der Waals surface area (Å²) < 4.78 is 33.3. The van der Waals surface area contributed by atoms with E-state index < -0.39 is 33.1 Å². The number of anilines is 1. The van der Waals surface area contributed by atoms with Crippen molar-refractivity contribution in [1.82, 2.24) is 14.3 Å². The van der Waals surface area contributed by atoms with E-state index in [-0.39, 0.29) is 22.9 Å². The van der Waals surface area contributed by atoms with Crippen molar-refractivity contribution in [3.8, 4) is 0 Å². The Labute approximate surface area is 182 Å². The number of nitro groups is 1. The Bertz CT molecular complexity index is 1310. The molecule has 0 bridgehead atoms. The zero-order valence-corrected chi connectivity index (χ0v) is 17.8. The second-order valence-electron chi connectivity index (χ2n) is 6.68. The van der Waals surface area contributed by atoms with Crippen molar-refractivity contribution in [2.45, 2.75) is 17.9 Å². The van der Waals surface area contributed by atoms with Gasteiger partial charge < -0.3 is 15.0 Å². The SMILES string of the molecule is CNc1ccc(S(=O)(=O)NCC(=O)OCCCn2c(=O)[nH]c3ccccc32)cc1[N+](=O)[O-]. The third-order valence-corrected chi connectivity index (χ3v) is 6.02. The van der Waals surface area contributed by atoms with Crippen LogP contribution in [0.3, 0.4) is 0 Å². The number of carbonyl (C=O) groups excluding carboxylic acids is 1. The maximum atomic E-state index is 12.4. The van der Waals surface area contributed by atoms with E-state index in [0.717, 1.165) is 11.6 Å². The normalized spacial score (nSPS) is 11.4. The lowest BCUT2D eigenvalue weighted by Gasteiger charge is -2.09. The van der Waals surface area contributed by atoms with Gasteiger partial charge in [0.15, 0.2) is 0 Å². The van der Waals surface area contributed by atoms with Crippen LogP contribution in [0.15, 0.2) is 52.2 Å². The van der Waals surface area contributed by atoms with Gasteiger partial charge in [0.05, 0.1) is 27.5 Å². The summed E-state index contributed by atoms with van der Waals surface area (Å²) in [5.74, 6) is -0.818. The fourth-order valence-electron chi connectivity index (χ4n) is 3.07. The summed E-state index contributed by atoms with van der Waals surface area (Å²) in [7, 11) is -2.69. The van der Waals surface area contributed by atoms with Gasteiger partial charge in [0.1, 0.15) is 12.2 Å². The molecule has 0 aliphatic rings. The Balaban J connectivity index is 1.52. The number of H-pyrrole nitrogens is 1. The van der Waals surface area contributed by atoms with Crippen LogP contribution < -0.4 is 15.7 Å². The number of imidazole rings is 1. The number of nitro benzene ring substituents is 1. The smallest absolute Gasteiger partial charge is 0.326 e. The zero-order chi connectivity index (χ0) is 23.3. The number of sulfonamides is 1. The van der Waals surface area contributed by atoms with Gasteiger partial charge in [-0.2, -0.15) is 4.72 Å². The van der Waals surface area contributed by atoms with Gasteiger partial charge >= 0.3 is 11.7 Å². The van der Waals surface area contributed by atoms with Crippen molar-refractivity contribution in [1.29, 1.82) is 0 Å². The molecule has 0 radical (unpaired) electrons. The van der Waals surface area contributed by atoms with Gasteiger partial charge in [-0.1, -0.05) is 12.1 Å². The highest BCUT2D eigenvalue weighted by Gasteiger charge is 2.22. The molecule has 0 saturated heterocycles. The minimum atomic E-state index is -4.16. The van der Waals surface area contributed by atoms with E-state index in [0.29, 0.717) is 18.5 Å². The number of esters is 1. The molecule has 0 saturated carbocycles. The summed E-state index contributed by atoms with van der Waals surface area (Å²) >= 11 is 0. The summed E-state index contributed by atoms with van der Waals surface area (Å²) in [5, 5.41) is 13.7. The van der Waals surface area contributed by atoms with Crippen molar-refractivity contribution < 1.29 is 22.9 Å². The number of aromatic amines is 1. The summed E-state index contributed by atoms with van der Waals surface area (Å²) in [6.45, 7) is -0.352. The first-order chi connectivity index (χ1) is 15.2. The first-order valence-corrected chi connectivity index (χ1v) is 11.0. The van der Waals surface area contributed by atoms with Gasteiger partial charge in [-0.15, -0.1) is 0 Å². The summed E-state index contributed by atoms with van der Waals surface area (Å²) in [6, 6.07) is 10.5. The van der Waals surface area contributed by atoms with Crippen LogP contribution in [-0.2, 0) is 26.1 Å². The fraction of sp³-hybridized carbons (Fsp3) is 0.263. The molecule has 3 rings (SSSR count). The predicted octanol–water partition coefficient (Wildman–Crippen LogP) is 1.19. The van der Waals surface area contributed by atoms with Crippen molar-refractivity contribution >= 4 is 38.4 Å². The lowest BCUT2D eigenvalue weighted by atomic mass is 10.3. The van der Waals surface area contributed by atoms with E-state index >= 15 is 0 Å². The Hall–Kier alpha value is -3.71. The topological polar surface area (TPSA) is 165 Å². The molecule has 0 amide bonds. The number of carbonyl (C=O) groups is 1. The number of ether oxygens (including phenoxy) is 1. The van der Waals surface area contributed by atoms with Gasteiger partial charge in [0.25, 0.3) is 5.69 Å². The molecule has 0 atom stereocenters. The van der Waals surface area contributed by atoms with Crippen LogP contribution in [0.2, 0.25) is 0 Å². The summed E-state index contributed by atoms with van der Waals surface area (Å²) in [5.41, 5.74) is 0.902. The molecule has 3 N–H and O–H groups in total. The minimum absolute atomic E-state index is 0.0190. The van der Waals surface area contributed by atoms with Gasteiger partial charge in [-0.25, -0.2) is 13.2 Å². The quantitative estimate of drug-likeness (QED) is 0.174. The number of rotatable bonds is 10. The Kier molecular flexibility index (Phi) is 6.90. The van der Waals surface area contributed by atoms with Crippen LogP contribution in [0.1, 0.15) is 6.42 Å². The molecule has 170 valence electrons. The predicted molar refractivity (Wildman–Crippen MR) is 116 cm³/mol. The van der Waals surface area contributed by atoms with Gasteiger partial charge in [-0.3, -0.25) is 19.5 Å². The molecule has 2 aromatic carbocycles. The van der Waals surface area contributed by atoms with E-state index in [9.17, 15) is 28.1 Å². The molecule has 12 nitrogen and oxygen atoms in total. The Morgan fingerprint density at radius 1 is 1.25 bits per heavy atom. The second-order valence-corrected chi connectivity index (χ2v) is 8.45. The van der Waals surface area contributed by atoms with Crippen LogP contribution in [0, 0.1) is 10.1 Å². The first kappa shape index (κ1) is 23.0. The first-order valence-electron chi connectivity index (χ1n) is 9.52. The molecule has 1 heterocycles. The molecular formula is C19H21N5O7S. The number of nitrogens with zero attached hydrogens (tertiary/aromatic N) is 2. The van der Waals surface area contributed by atoms with E-state index in [2.05, 4.69) is 15.0 Å². The molecule has 0 aliphatic carbocycles. The third kappa shape index (κ3) is 5.12. The van der Waals surface area contributed by atoms with Crippen LogP contribution in [0.25, 0.3) is 11.0 Å². The Morgan fingerprint density at radius 2 is 2.00 bits per heavy atom. The highest BCUT2D eigenvalue weighted by molar-refractivity contribution is 7.89. The zero-order valence-electron chi connectivity index (χ0n) is 17.0. The molecule has 13 heteroatoms. The Morgan fingerprint density at radius 3 is 2.72 bits per heavy atom. The number of fused-ring (bicyclic) bond motifs is 1. The summed E-state index contributed by atoms with van der Waals surface area (Å²) in [4.78, 5) is 36.7. The van der Waals surface area contributed by atoms with Crippen LogP contribution >= 0.6 is 0 Å². The lowest BCUT2D eigenvalue weighted by Crippen LogP contribution is -2.31. The van der Waals surface area contributed by atoms with Crippen LogP contribution in [-0.4, -0.2) is 49.1 Å². The van der Waals surface area contributed by atoms with Crippen molar-refractivity contribution in [3.63, 3.8) is 0 Å². The van der Waals surface area contributed by atoms with Crippen molar-refractivity contribution in [2.75, 3.05) is 25.5 Å². The number of nitrogens with one attached hydrogen (secondary N) is 3. The highest BCUT2D eigenvalue weighted by atomic mass is 32.2. The van der Waals surface area contributed by atoms with E-state index in [1.807, 2.05) is 0 Å². The van der Waals surface area contributed by atoms with Crippen molar-refractivity contribution in [2.24, 2.45) is 0 Å². The van der Waals surface area contributed by atoms with Crippen molar-refractivity contribution in [3.05, 3.63) is 63.1 Å². The average Bonchev–Trinajstić information content (AvgIpc) is 3.09. The number of para-hydroxylation sites is 2. The van der Waals surface area contributed by atoms with Crippen LogP contribution in [0.5, 0.6) is 0 Å². The molecule has 0 spiro atoms. The van der Waals surface area contributed by atoms with Gasteiger partial charge in [-0.05, 0) is 30.7 Å². The largest absolute Gasteiger partial charge is 0.465 e.